The molecule has 0 radical (unpaired) electrons. The van der Waals surface area contributed by atoms with Crippen LogP contribution in [0, 0.1) is 13.8 Å². The zero-order valence-electron chi connectivity index (χ0n) is 25.3. The van der Waals surface area contributed by atoms with Crippen molar-refractivity contribution in [3.63, 3.8) is 0 Å². The van der Waals surface area contributed by atoms with Gasteiger partial charge in [-0.3, -0.25) is 4.79 Å². The normalized spacial score (nSPS) is 14.6. The van der Waals surface area contributed by atoms with E-state index in [0.29, 0.717) is 41.0 Å². The molecule has 1 N–H and O–H groups in total. The number of amides is 2. The molecule has 4 aromatic rings. The molecule has 1 unspecified atom stereocenters. The molecule has 0 spiro atoms. The fourth-order valence-electron chi connectivity index (χ4n) is 4.78. The summed E-state index contributed by atoms with van der Waals surface area (Å²) in [5.41, 5.74) is 4.48. The highest BCUT2D eigenvalue weighted by molar-refractivity contribution is 6.04. The van der Waals surface area contributed by atoms with Crippen molar-refractivity contribution in [3.8, 4) is 34.0 Å². The van der Waals surface area contributed by atoms with E-state index in [0.717, 1.165) is 28.7 Å². The molecule has 2 amide bonds. The minimum atomic E-state index is -0.561. The minimum absolute atomic E-state index is 0.0978. The van der Waals surface area contributed by atoms with E-state index in [4.69, 9.17) is 18.7 Å². The number of nitrogens with one attached hydrogen (secondary N) is 1. The number of methoxy groups -OCH3 is 1. The number of carbonyl (C=O) groups is 2. The number of hydrogen-bond donors (Lipinski definition) is 1. The summed E-state index contributed by atoms with van der Waals surface area (Å²) in [6, 6.07) is 18.5. The highest BCUT2D eigenvalue weighted by Gasteiger charge is 2.35. The first-order valence-corrected chi connectivity index (χ1v) is 14.1. The first-order chi connectivity index (χ1) is 20.5. The minimum Gasteiger partial charge on any atom is -0.493 e. The number of benzene rings is 3. The number of anilines is 1. The van der Waals surface area contributed by atoms with E-state index in [1.807, 2.05) is 58.0 Å². The number of carbonyl (C=O) groups excluding carboxylic acids is 2. The fourth-order valence-corrected chi connectivity index (χ4v) is 4.78. The van der Waals surface area contributed by atoms with Gasteiger partial charge < -0.3 is 29.0 Å². The molecular formula is C33H36N4O6. The maximum absolute atomic E-state index is 13.1. The van der Waals surface area contributed by atoms with E-state index in [1.54, 1.807) is 49.3 Å². The van der Waals surface area contributed by atoms with E-state index in [-0.39, 0.29) is 24.6 Å². The molecule has 5 rings (SSSR count). The first kappa shape index (κ1) is 29.6. The SMILES string of the molecule is COc1ccc(NC(=O)c2ccc(-c3ccc(-c4noc(C)n4)cc3C)cc2)cc1OCC1CCN1C(=O)OC(C)(C)C. The van der Waals surface area contributed by atoms with Gasteiger partial charge in [-0.05, 0) is 81.1 Å². The number of aromatic nitrogens is 2. The summed E-state index contributed by atoms with van der Waals surface area (Å²) in [4.78, 5) is 31.5. The lowest BCUT2D eigenvalue weighted by molar-refractivity contribution is -0.0143. The molecule has 0 saturated carbocycles. The van der Waals surface area contributed by atoms with Crippen LogP contribution in [0.4, 0.5) is 10.5 Å². The number of rotatable bonds is 8. The van der Waals surface area contributed by atoms with E-state index >= 15 is 0 Å². The van der Waals surface area contributed by atoms with Crippen LogP contribution >= 0.6 is 0 Å². The van der Waals surface area contributed by atoms with Gasteiger partial charge >= 0.3 is 6.09 Å². The lowest BCUT2D eigenvalue weighted by Gasteiger charge is -2.41. The summed E-state index contributed by atoms with van der Waals surface area (Å²) < 4.78 is 22.1. The predicted octanol–water partition coefficient (Wildman–Crippen LogP) is 6.67. The first-order valence-electron chi connectivity index (χ1n) is 14.1. The van der Waals surface area contributed by atoms with Crippen molar-refractivity contribution in [1.29, 1.82) is 0 Å². The molecule has 10 heteroatoms. The Balaban J connectivity index is 1.22. The van der Waals surface area contributed by atoms with Gasteiger partial charge in [-0.15, -0.1) is 0 Å². The van der Waals surface area contributed by atoms with Gasteiger partial charge in [0.1, 0.15) is 12.2 Å². The van der Waals surface area contributed by atoms with Crippen molar-refractivity contribution in [2.24, 2.45) is 0 Å². The van der Waals surface area contributed by atoms with Crippen LogP contribution in [0.5, 0.6) is 11.5 Å². The van der Waals surface area contributed by atoms with Crippen molar-refractivity contribution in [1.82, 2.24) is 15.0 Å². The predicted molar refractivity (Wildman–Crippen MR) is 162 cm³/mol. The van der Waals surface area contributed by atoms with Crippen LogP contribution < -0.4 is 14.8 Å². The topological polar surface area (TPSA) is 116 Å². The molecule has 2 heterocycles. The van der Waals surface area contributed by atoms with Crippen LogP contribution in [0.3, 0.4) is 0 Å². The summed E-state index contributed by atoms with van der Waals surface area (Å²) in [5.74, 6) is 1.82. The molecule has 1 aliphatic heterocycles. The molecule has 10 nitrogen and oxygen atoms in total. The van der Waals surface area contributed by atoms with Crippen molar-refractivity contribution < 1.29 is 28.3 Å². The summed E-state index contributed by atoms with van der Waals surface area (Å²) in [6.45, 7) is 10.2. The van der Waals surface area contributed by atoms with E-state index in [9.17, 15) is 9.59 Å². The Labute approximate surface area is 250 Å². The highest BCUT2D eigenvalue weighted by Crippen LogP contribution is 2.32. The molecule has 0 aliphatic carbocycles. The maximum Gasteiger partial charge on any atom is 0.410 e. The number of hydrogen-bond acceptors (Lipinski definition) is 8. The Kier molecular flexibility index (Phi) is 8.38. The molecule has 1 saturated heterocycles. The van der Waals surface area contributed by atoms with Crippen molar-refractivity contribution in [3.05, 3.63) is 77.7 Å². The van der Waals surface area contributed by atoms with Crippen LogP contribution in [0.2, 0.25) is 0 Å². The molecule has 1 atom stereocenters. The fraction of sp³-hybridized carbons (Fsp3) is 0.333. The third-order valence-electron chi connectivity index (χ3n) is 7.09. The molecular weight excluding hydrogens is 548 g/mol. The second-order valence-corrected chi connectivity index (χ2v) is 11.5. The standard InChI is InChI=1S/C33H36N4O6/c1-20-17-24(30-34-21(2)43-36-30)11-13-27(20)22-7-9-23(10-8-22)31(38)35-25-12-14-28(40-6)29(18-25)41-19-26-15-16-37(26)32(39)42-33(3,4)5/h7-14,17-18,26H,15-16,19H2,1-6H3,(H,35,38). The number of aryl methyl sites for hydroxylation is 2. The van der Waals surface area contributed by atoms with Crippen LogP contribution in [0.15, 0.2) is 65.2 Å². The Morgan fingerprint density at radius 3 is 2.35 bits per heavy atom. The highest BCUT2D eigenvalue weighted by atomic mass is 16.6. The van der Waals surface area contributed by atoms with E-state index in [2.05, 4.69) is 15.5 Å². The molecule has 0 bridgehead atoms. The molecule has 1 aromatic heterocycles. The van der Waals surface area contributed by atoms with E-state index in [1.165, 1.54) is 0 Å². The number of nitrogens with zero attached hydrogens (tertiary/aromatic N) is 3. The summed E-state index contributed by atoms with van der Waals surface area (Å²) in [5, 5.41) is 6.92. The Hall–Kier alpha value is -4.86. The zero-order valence-corrected chi connectivity index (χ0v) is 25.3. The summed E-state index contributed by atoms with van der Waals surface area (Å²) in [7, 11) is 1.56. The molecule has 1 fully saturated rings. The summed E-state index contributed by atoms with van der Waals surface area (Å²) in [6.07, 6.45) is 0.466. The average molecular weight is 585 g/mol. The van der Waals surface area contributed by atoms with Crippen molar-refractivity contribution in [2.75, 3.05) is 25.6 Å². The third kappa shape index (κ3) is 6.97. The lowest BCUT2D eigenvalue weighted by Crippen LogP contribution is -2.55. The monoisotopic (exact) mass is 584 g/mol. The van der Waals surface area contributed by atoms with Crippen molar-refractivity contribution >= 4 is 17.7 Å². The molecule has 3 aromatic carbocycles. The average Bonchev–Trinajstić information content (AvgIpc) is 3.38. The second kappa shape index (κ2) is 12.2. The number of likely N-dealkylation sites (tertiary alicyclic amines) is 1. The Morgan fingerprint density at radius 2 is 1.74 bits per heavy atom. The van der Waals surface area contributed by atoms with Gasteiger partial charge in [-0.2, -0.15) is 4.98 Å². The van der Waals surface area contributed by atoms with Gasteiger partial charge in [0.25, 0.3) is 5.91 Å². The zero-order chi connectivity index (χ0) is 30.7. The van der Waals surface area contributed by atoms with Gasteiger partial charge in [-0.25, -0.2) is 4.79 Å². The Bertz CT molecular complexity index is 1620. The maximum atomic E-state index is 13.1. The van der Waals surface area contributed by atoms with Crippen LogP contribution in [0.25, 0.3) is 22.5 Å². The Morgan fingerprint density at radius 1 is 1.00 bits per heavy atom. The third-order valence-corrected chi connectivity index (χ3v) is 7.09. The van der Waals surface area contributed by atoms with Crippen molar-refractivity contribution in [2.45, 2.75) is 52.7 Å². The largest absolute Gasteiger partial charge is 0.493 e. The van der Waals surface area contributed by atoms with E-state index < -0.39 is 5.60 Å². The second-order valence-electron chi connectivity index (χ2n) is 11.5. The van der Waals surface area contributed by atoms with Gasteiger partial charge in [0.15, 0.2) is 11.5 Å². The molecule has 1 aliphatic rings. The quantitative estimate of drug-likeness (QED) is 0.244. The lowest BCUT2D eigenvalue weighted by atomic mass is 9.97. The molecule has 224 valence electrons. The number of ether oxygens (including phenoxy) is 3. The van der Waals surface area contributed by atoms with Gasteiger partial charge in [0.2, 0.25) is 11.7 Å². The smallest absolute Gasteiger partial charge is 0.410 e. The van der Waals surface area contributed by atoms with Gasteiger partial charge in [0.05, 0.1) is 13.2 Å². The van der Waals surface area contributed by atoms with Gasteiger partial charge in [-0.1, -0.05) is 29.4 Å². The van der Waals surface area contributed by atoms with Crippen LogP contribution in [-0.2, 0) is 4.74 Å². The van der Waals surface area contributed by atoms with Crippen LogP contribution in [0.1, 0.15) is 49.0 Å². The molecule has 43 heavy (non-hydrogen) atoms. The summed E-state index contributed by atoms with van der Waals surface area (Å²) >= 11 is 0. The van der Waals surface area contributed by atoms with Crippen LogP contribution in [-0.4, -0.2) is 58.9 Å². The van der Waals surface area contributed by atoms with Gasteiger partial charge in [0, 0.05) is 36.3 Å².